The van der Waals surface area contributed by atoms with Gasteiger partial charge < -0.3 is 5.11 Å². The van der Waals surface area contributed by atoms with Crippen LogP contribution >= 0.6 is 0 Å². The molecule has 0 atom stereocenters. The van der Waals surface area contributed by atoms with Crippen LogP contribution in [0.4, 0.5) is 0 Å². The number of hydrogen-bond acceptors (Lipinski definition) is 3. The molecule has 1 aromatic carbocycles. The van der Waals surface area contributed by atoms with Crippen LogP contribution in [0.25, 0.3) is 5.69 Å². The number of benzene rings is 1. The zero-order chi connectivity index (χ0) is 13.2. The maximum Gasteiger partial charge on any atom is 0.112 e. The zero-order valence-corrected chi connectivity index (χ0v) is 11.2. The predicted molar refractivity (Wildman–Crippen MR) is 73.3 cm³/mol. The lowest BCUT2D eigenvalue weighted by Crippen LogP contribution is -2.16. The van der Waals surface area contributed by atoms with E-state index in [4.69, 9.17) is 0 Å². The van der Waals surface area contributed by atoms with Crippen molar-refractivity contribution in [3.05, 3.63) is 41.2 Å². The van der Waals surface area contributed by atoms with Gasteiger partial charge >= 0.3 is 0 Å². The molecule has 0 unspecified atom stereocenters. The molecule has 0 spiro atoms. The molecule has 1 heterocycles. The zero-order valence-electron chi connectivity index (χ0n) is 11.2. The first-order valence-corrected chi connectivity index (χ1v) is 6.98. The highest BCUT2D eigenvalue weighted by molar-refractivity contribution is 5.42. The van der Waals surface area contributed by atoms with E-state index >= 15 is 0 Å². The fourth-order valence-corrected chi connectivity index (χ4v) is 2.72. The van der Waals surface area contributed by atoms with Crippen LogP contribution in [0.15, 0.2) is 24.3 Å². The van der Waals surface area contributed by atoms with Gasteiger partial charge in [-0.3, -0.25) is 0 Å². The van der Waals surface area contributed by atoms with Gasteiger partial charge in [0, 0.05) is 5.92 Å². The van der Waals surface area contributed by atoms with Crippen LogP contribution in [-0.4, -0.2) is 20.1 Å². The van der Waals surface area contributed by atoms with Crippen LogP contribution in [-0.2, 0) is 13.0 Å². The summed E-state index contributed by atoms with van der Waals surface area (Å²) < 4.78 is 1.94. The number of aromatic nitrogens is 3. The number of rotatable bonds is 4. The third-order valence-electron chi connectivity index (χ3n) is 4.02. The van der Waals surface area contributed by atoms with Gasteiger partial charge in [-0.1, -0.05) is 36.8 Å². The first-order chi connectivity index (χ1) is 9.35. The molecule has 0 bridgehead atoms. The van der Waals surface area contributed by atoms with Crippen molar-refractivity contribution in [1.82, 2.24) is 15.0 Å². The van der Waals surface area contributed by atoms with E-state index < -0.39 is 0 Å². The molecule has 0 radical (unpaired) electrons. The quantitative estimate of drug-likeness (QED) is 0.916. The molecule has 1 aromatic heterocycles. The summed E-state index contributed by atoms with van der Waals surface area (Å²) in [5, 5.41) is 17.9. The smallest absolute Gasteiger partial charge is 0.112 e. The predicted octanol–water partition coefficient (Wildman–Crippen LogP) is 2.59. The number of nitrogens with zero attached hydrogens (tertiary/aromatic N) is 3. The van der Waals surface area contributed by atoms with Crippen LogP contribution in [0, 0.1) is 0 Å². The van der Waals surface area contributed by atoms with Gasteiger partial charge in [-0.25, -0.2) is 4.68 Å². The molecule has 0 saturated heterocycles. The first-order valence-electron chi connectivity index (χ1n) is 6.98. The minimum atomic E-state index is -0.0277. The lowest BCUT2D eigenvalue weighted by molar-refractivity contribution is 0.272. The fraction of sp³-hybridized carbons (Fsp3) is 0.467. The van der Waals surface area contributed by atoms with E-state index in [9.17, 15) is 5.11 Å². The third-order valence-corrected chi connectivity index (χ3v) is 4.02. The molecule has 4 heteroatoms. The summed E-state index contributed by atoms with van der Waals surface area (Å²) in [4.78, 5) is 0. The van der Waals surface area contributed by atoms with Gasteiger partial charge in [0.1, 0.15) is 5.69 Å². The molecule has 1 fully saturated rings. The Labute approximate surface area is 113 Å². The van der Waals surface area contributed by atoms with Crippen molar-refractivity contribution in [2.75, 3.05) is 0 Å². The normalized spacial score (nSPS) is 15.5. The van der Waals surface area contributed by atoms with Crippen LogP contribution in [0.5, 0.6) is 0 Å². The minimum Gasteiger partial charge on any atom is -0.390 e. The minimum absolute atomic E-state index is 0.0277. The second kappa shape index (κ2) is 5.13. The van der Waals surface area contributed by atoms with E-state index in [2.05, 4.69) is 35.4 Å². The lowest BCUT2D eigenvalue weighted by atomic mass is 9.82. The highest BCUT2D eigenvalue weighted by Crippen LogP contribution is 2.38. The van der Waals surface area contributed by atoms with E-state index in [0.29, 0.717) is 5.92 Å². The topological polar surface area (TPSA) is 50.9 Å². The van der Waals surface area contributed by atoms with E-state index in [1.54, 1.807) is 0 Å². The number of aliphatic hydroxyl groups excluding tert-OH is 1. The molecule has 1 N–H and O–H groups in total. The molecule has 3 rings (SSSR count). The van der Waals surface area contributed by atoms with Crippen LogP contribution < -0.4 is 0 Å². The van der Waals surface area contributed by atoms with E-state index in [-0.39, 0.29) is 6.61 Å². The Morgan fingerprint density at radius 3 is 2.74 bits per heavy atom. The monoisotopic (exact) mass is 257 g/mol. The molecule has 2 aromatic rings. The highest BCUT2D eigenvalue weighted by Gasteiger charge is 2.28. The van der Waals surface area contributed by atoms with Gasteiger partial charge in [-0.2, -0.15) is 0 Å². The molecule has 0 aliphatic heterocycles. The van der Waals surface area contributed by atoms with Crippen molar-refractivity contribution in [2.45, 2.75) is 45.1 Å². The SMILES string of the molecule is CCc1ccccc1-n1nnc(CO)c1C1CCC1. The lowest BCUT2D eigenvalue weighted by Gasteiger charge is -2.26. The van der Waals surface area contributed by atoms with Crippen molar-refractivity contribution in [3.63, 3.8) is 0 Å². The average Bonchev–Trinajstić information content (AvgIpc) is 2.80. The number of hydrogen-bond donors (Lipinski definition) is 1. The summed E-state index contributed by atoms with van der Waals surface area (Å²) in [7, 11) is 0. The summed E-state index contributed by atoms with van der Waals surface area (Å²) >= 11 is 0. The molecule has 1 aliphatic rings. The Kier molecular flexibility index (Phi) is 3.34. The van der Waals surface area contributed by atoms with Crippen LogP contribution in [0.3, 0.4) is 0 Å². The Morgan fingerprint density at radius 2 is 2.11 bits per heavy atom. The van der Waals surface area contributed by atoms with Crippen LogP contribution in [0.2, 0.25) is 0 Å². The van der Waals surface area contributed by atoms with Gasteiger partial charge in [0.25, 0.3) is 0 Å². The summed E-state index contributed by atoms with van der Waals surface area (Å²) in [6.07, 6.45) is 4.58. The largest absolute Gasteiger partial charge is 0.390 e. The molecule has 19 heavy (non-hydrogen) atoms. The highest BCUT2D eigenvalue weighted by atomic mass is 16.3. The molecular formula is C15H19N3O. The number of aryl methyl sites for hydroxylation is 1. The van der Waals surface area contributed by atoms with Crippen molar-refractivity contribution >= 4 is 0 Å². The molecule has 1 saturated carbocycles. The van der Waals surface area contributed by atoms with Gasteiger partial charge in [0.15, 0.2) is 0 Å². The summed E-state index contributed by atoms with van der Waals surface area (Å²) in [6.45, 7) is 2.12. The van der Waals surface area contributed by atoms with Crippen molar-refractivity contribution in [3.8, 4) is 5.69 Å². The number of aliphatic hydroxyl groups is 1. The Bertz CT molecular complexity index is 573. The molecule has 100 valence electrons. The first kappa shape index (κ1) is 12.4. The van der Waals surface area contributed by atoms with Gasteiger partial charge in [0.2, 0.25) is 0 Å². The summed E-state index contributed by atoms with van der Waals surface area (Å²) in [5.74, 6) is 0.502. The molecular weight excluding hydrogens is 238 g/mol. The summed E-state index contributed by atoms with van der Waals surface area (Å²) in [5.41, 5.74) is 4.20. The van der Waals surface area contributed by atoms with Crippen molar-refractivity contribution < 1.29 is 5.11 Å². The van der Waals surface area contributed by atoms with Crippen molar-refractivity contribution in [1.29, 1.82) is 0 Å². The second-order valence-electron chi connectivity index (χ2n) is 5.10. The van der Waals surface area contributed by atoms with Gasteiger partial charge in [0.05, 0.1) is 18.0 Å². The fourth-order valence-electron chi connectivity index (χ4n) is 2.72. The third kappa shape index (κ3) is 2.06. The van der Waals surface area contributed by atoms with E-state index in [1.165, 1.54) is 24.8 Å². The Hall–Kier alpha value is -1.68. The molecule has 1 aliphatic carbocycles. The number of para-hydroxylation sites is 1. The average molecular weight is 257 g/mol. The van der Waals surface area contributed by atoms with Crippen LogP contribution in [0.1, 0.15) is 49.1 Å². The summed E-state index contributed by atoms with van der Waals surface area (Å²) in [6, 6.07) is 8.28. The van der Waals surface area contributed by atoms with E-state index in [1.807, 2.05) is 10.7 Å². The second-order valence-corrected chi connectivity index (χ2v) is 5.10. The maximum absolute atomic E-state index is 9.46. The molecule has 4 nitrogen and oxygen atoms in total. The molecule has 0 amide bonds. The Balaban J connectivity index is 2.11. The van der Waals surface area contributed by atoms with Crippen molar-refractivity contribution in [2.24, 2.45) is 0 Å². The van der Waals surface area contributed by atoms with Gasteiger partial charge in [-0.15, -0.1) is 5.10 Å². The maximum atomic E-state index is 9.46. The van der Waals surface area contributed by atoms with E-state index in [0.717, 1.165) is 23.5 Å². The standard InChI is InChI=1S/C15H19N3O/c1-2-11-6-3-4-9-14(11)18-15(12-7-5-8-12)13(10-19)16-17-18/h3-4,6,9,12,19H,2,5,7-8,10H2,1H3. The Morgan fingerprint density at radius 1 is 1.32 bits per heavy atom. The van der Waals surface area contributed by atoms with Gasteiger partial charge in [-0.05, 0) is 30.9 Å².